The second-order valence-electron chi connectivity index (χ2n) is 4.97. The van der Waals surface area contributed by atoms with E-state index in [-0.39, 0.29) is 0 Å². The summed E-state index contributed by atoms with van der Waals surface area (Å²) in [5.41, 5.74) is 7.14. The zero-order chi connectivity index (χ0) is 12.3. The van der Waals surface area contributed by atoms with Crippen LogP contribution in [0.15, 0.2) is 18.3 Å². The Kier molecular flexibility index (Phi) is 4.37. The molecule has 1 fully saturated rings. The normalized spacial score (nSPS) is 25.2. The summed E-state index contributed by atoms with van der Waals surface area (Å²) in [6, 6.07) is 4.96. The molecule has 0 unspecified atom stereocenters. The fourth-order valence-electron chi connectivity index (χ4n) is 2.46. The lowest BCUT2D eigenvalue weighted by molar-refractivity contribution is 0.176. The lowest BCUT2D eigenvalue weighted by atomic mass is 9.91. The number of halogens is 1. The minimum atomic E-state index is 0.414. The van der Waals surface area contributed by atoms with Crippen LogP contribution < -0.4 is 5.73 Å². The van der Waals surface area contributed by atoms with Gasteiger partial charge in [0.1, 0.15) is 5.15 Å². The molecule has 0 amide bonds. The van der Waals surface area contributed by atoms with Gasteiger partial charge in [0, 0.05) is 24.8 Å². The van der Waals surface area contributed by atoms with Crippen LogP contribution in [0, 0.1) is 0 Å². The molecule has 2 N–H and O–H groups in total. The summed E-state index contributed by atoms with van der Waals surface area (Å²) in [5.74, 6) is 0. The summed E-state index contributed by atoms with van der Waals surface area (Å²) < 4.78 is 0. The molecule has 0 aliphatic heterocycles. The summed E-state index contributed by atoms with van der Waals surface area (Å²) >= 11 is 5.77. The molecule has 2 rings (SSSR count). The van der Waals surface area contributed by atoms with Crippen molar-refractivity contribution in [1.29, 1.82) is 0 Å². The number of nitrogens with zero attached hydrogens (tertiary/aromatic N) is 2. The monoisotopic (exact) mass is 253 g/mol. The van der Waals surface area contributed by atoms with Gasteiger partial charge in [0.15, 0.2) is 0 Å². The third-order valence-corrected chi connectivity index (χ3v) is 3.81. The number of pyridine rings is 1. The lowest BCUT2D eigenvalue weighted by Gasteiger charge is -2.33. The summed E-state index contributed by atoms with van der Waals surface area (Å²) in [6.07, 6.45) is 6.56. The average Bonchev–Trinajstić information content (AvgIpc) is 2.33. The van der Waals surface area contributed by atoms with Gasteiger partial charge in [0.05, 0.1) is 0 Å². The molecule has 1 aromatic heterocycles. The highest BCUT2D eigenvalue weighted by atomic mass is 35.5. The third-order valence-electron chi connectivity index (χ3n) is 3.59. The Morgan fingerprint density at radius 3 is 2.65 bits per heavy atom. The van der Waals surface area contributed by atoms with Crippen LogP contribution in [0.5, 0.6) is 0 Å². The van der Waals surface area contributed by atoms with Crippen molar-refractivity contribution in [2.75, 3.05) is 7.05 Å². The molecule has 17 heavy (non-hydrogen) atoms. The minimum absolute atomic E-state index is 0.414. The zero-order valence-electron chi connectivity index (χ0n) is 10.3. The Balaban J connectivity index is 1.88. The standard InChI is InChI=1S/C13H20ClN3/c1-17(12-5-3-11(15)4-6-12)9-10-2-7-13(14)16-8-10/h2,7-8,11-12H,3-6,9,15H2,1H3. The molecule has 0 radical (unpaired) electrons. The molecule has 0 saturated heterocycles. The van der Waals surface area contributed by atoms with Crippen molar-refractivity contribution >= 4 is 11.6 Å². The fraction of sp³-hybridized carbons (Fsp3) is 0.615. The van der Waals surface area contributed by atoms with Gasteiger partial charge in [0.25, 0.3) is 0 Å². The molecule has 1 aliphatic rings. The summed E-state index contributed by atoms with van der Waals surface area (Å²) in [4.78, 5) is 6.51. The SMILES string of the molecule is CN(Cc1ccc(Cl)nc1)C1CCC(N)CC1. The van der Waals surface area contributed by atoms with E-state index in [1.54, 1.807) is 0 Å². The van der Waals surface area contributed by atoms with E-state index in [0.29, 0.717) is 17.2 Å². The van der Waals surface area contributed by atoms with Gasteiger partial charge in [-0.3, -0.25) is 4.90 Å². The highest BCUT2D eigenvalue weighted by Crippen LogP contribution is 2.22. The molecule has 0 bridgehead atoms. The topological polar surface area (TPSA) is 42.2 Å². The molecule has 94 valence electrons. The van der Waals surface area contributed by atoms with Crippen LogP contribution in [-0.2, 0) is 6.54 Å². The first-order valence-electron chi connectivity index (χ1n) is 6.21. The van der Waals surface area contributed by atoms with Gasteiger partial charge in [-0.1, -0.05) is 17.7 Å². The van der Waals surface area contributed by atoms with Crippen LogP contribution in [0.25, 0.3) is 0 Å². The Bertz CT molecular complexity index is 344. The van der Waals surface area contributed by atoms with E-state index in [0.717, 1.165) is 19.4 Å². The molecule has 3 nitrogen and oxygen atoms in total. The average molecular weight is 254 g/mol. The molecule has 0 spiro atoms. The highest BCUT2D eigenvalue weighted by Gasteiger charge is 2.21. The first kappa shape index (κ1) is 12.8. The molecule has 0 aromatic carbocycles. The Morgan fingerprint density at radius 1 is 1.35 bits per heavy atom. The van der Waals surface area contributed by atoms with Gasteiger partial charge < -0.3 is 5.73 Å². The van der Waals surface area contributed by atoms with E-state index in [1.807, 2.05) is 18.3 Å². The van der Waals surface area contributed by atoms with Gasteiger partial charge >= 0.3 is 0 Å². The summed E-state index contributed by atoms with van der Waals surface area (Å²) in [6.45, 7) is 0.935. The predicted molar refractivity (Wildman–Crippen MR) is 70.9 cm³/mol. The third kappa shape index (κ3) is 3.66. The highest BCUT2D eigenvalue weighted by molar-refractivity contribution is 6.29. The first-order chi connectivity index (χ1) is 8.15. The van der Waals surface area contributed by atoms with E-state index in [4.69, 9.17) is 17.3 Å². The van der Waals surface area contributed by atoms with Gasteiger partial charge in [0.2, 0.25) is 0 Å². The maximum atomic E-state index is 5.92. The second kappa shape index (κ2) is 5.80. The zero-order valence-corrected chi connectivity index (χ0v) is 11.0. The van der Waals surface area contributed by atoms with E-state index in [1.165, 1.54) is 18.4 Å². The van der Waals surface area contributed by atoms with E-state index in [9.17, 15) is 0 Å². The largest absolute Gasteiger partial charge is 0.328 e. The molecule has 1 aliphatic carbocycles. The van der Waals surface area contributed by atoms with Crippen LogP contribution >= 0.6 is 11.6 Å². The van der Waals surface area contributed by atoms with Crippen molar-refractivity contribution in [2.24, 2.45) is 5.73 Å². The Hall–Kier alpha value is -0.640. The summed E-state index contributed by atoms with van der Waals surface area (Å²) in [7, 11) is 2.18. The second-order valence-corrected chi connectivity index (χ2v) is 5.36. The molecule has 1 saturated carbocycles. The van der Waals surface area contributed by atoms with Gasteiger partial charge in [-0.2, -0.15) is 0 Å². The van der Waals surface area contributed by atoms with Crippen molar-refractivity contribution in [3.63, 3.8) is 0 Å². The molecular weight excluding hydrogens is 234 g/mol. The van der Waals surface area contributed by atoms with Crippen LogP contribution in [0.4, 0.5) is 0 Å². The van der Waals surface area contributed by atoms with E-state index < -0.39 is 0 Å². The molecule has 1 aromatic rings. The first-order valence-corrected chi connectivity index (χ1v) is 6.59. The van der Waals surface area contributed by atoms with Crippen molar-refractivity contribution in [3.05, 3.63) is 29.0 Å². The molecule has 1 heterocycles. The maximum absolute atomic E-state index is 5.92. The number of hydrogen-bond donors (Lipinski definition) is 1. The molecular formula is C13H20ClN3. The van der Waals surface area contributed by atoms with Crippen LogP contribution in [0.2, 0.25) is 5.15 Å². The predicted octanol–water partition coefficient (Wildman–Crippen LogP) is 2.44. The van der Waals surface area contributed by atoms with Gasteiger partial charge in [-0.05, 0) is 44.4 Å². The Morgan fingerprint density at radius 2 is 2.06 bits per heavy atom. The maximum Gasteiger partial charge on any atom is 0.129 e. The van der Waals surface area contributed by atoms with Crippen molar-refractivity contribution in [3.8, 4) is 0 Å². The van der Waals surface area contributed by atoms with Crippen LogP contribution in [0.1, 0.15) is 31.2 Å². The van der Waals surface area contributed by atoms with Crippen LogP contribution in [0.3, 0.4) is 0 Å². The number of aromatic nitrogens is 1. The number of nitrogens with two attached hydrogens (primary N) is 1. The number of rotatable bonds is 3. The van der Waals surface area contributed by atoms with Crippen molar-refractivity contribution in [1.82, 2.24) is 9.88 Å². The lowest BCUT2D eigenvalue weighted by Crippen LogP contribution is -2.38. The van der Waals surface area contributed by atoms with Gasteiger partial charge in [-0.15, -0.1) is 0 Å². The smallest absolute Gasteiger partial charge is 0.129 e. The van der Waals surface area contributed by atoms with Gasteiger partial charge in [-0.25, -0.2) is 4.98 Å². The van der Waals surface area contributed by atoms with Crippen molar-refractivity contribution in [2.45, 2.75) is 44.3 Å². The molecule has 4 heteroatoms. The fourth-order valence-corrected chi connectivity index (χ4v) is 2.57. The minimum Gasteiger partial charge on any atom is -0.328 e. The number of hydrogen-bond acceptors (Lipinski definition) is 3. The quantitative estimate of drug-likeness (QED) is 0.842. The van der Waals surface area contributed by atoms with Crippen molar-refractivity contribution < 1.29 is 0 Å². The van der Waals surface area contributed by atoms with E-state index >= 15 is 0 Å². The van der Waals surface area contributed by atoms with Crippen LogP contribution in [-0.4, -0.2) is 29.0 Å². The summed E-state index contributed by atoms with van der Waals surface area (Å²) in [5, 5.41) is 0.556. The molecule has 0 atom stereocenters. The van der Waals surface area contributed by atoms with E-state index in [2.05, 4.69) is 16.9 Å². The Labute approximate surface area is 108 Å².